The van der Waals surface area contributed by atoms with Gasteiger partial charge in [0.2, 0.25) is 5.91 Å². The van der Waals surface area contributed by atoms with Crippen molar-refractivity contribution in [2.45, 2.75) is 54.5 Å². The van der Waals surface area contributed by atoms with Crippen molar-refractivity contribution in [3.8, 4) is 0 Å². The van der Waals surface area contributed by atoms with Gasteiger partial charge >= 0.3 is 21.4 Å². The van der Waals surface area contributed by atoms with E-state index in [1.807, 2.05) is 0 Å². The zero-order valence-electron chi connectivity index (χ0n) is 23.4. The Hall–Kier alpha value is -3.00. The zero-order chi connectivity index (χ0) is 34.2. The van der Waals surface area contributed by atoms with Crippen LogP contribution >= 0.6 is 15.6 Å². The number of aliphatic hydroxyl groups is 5. The highest BCUT2D eigenvalue weighted by molar-refractivity contribution is 7.61. The molecular formula is C21H27N7O17P2. The number of phosphoric acid groups is 2. The van der Waals surface area contributed by atoms with Gasteiger partial charge in [-0.2, -0.15) is 14.1 Å². The van der Waals surface area contributed by atoms with Gasteiger partial charge in [0, 0.05) is 18.0 Å². The number of hydrogen-bond acceptors (Lipinski definition) is 20. The Morgan fingerprint density at radius 2 is 1.81 bits per heavy atom. The number of carbonyl (C=O) groups is 1. The summed E-state index contributed by atoms with van der Waals surface area (Å²) in [6.45, 7) is -2.36. The Kier molecular flexibility index (Phi) is 8.33. The van der Waals surface area contributed by atoms with Gasteiger partial charge in [0.1, 0.15) is 36.8 Å². The van der Waals surface area contributed by atoms with Gasteiger partial charge in [-0.15, -0.1) is 0 Å². The van der Waals surface area contributed by atoms with Gasteiger partial charge in [-0.25, -0.2) is 24.1 Å². The summed E-state index contributed by atoms with van der Waals surface area (Å²) in [5, 5.41) is 53.3. The number of phosphoric ester groups is 2. The Bertz CT molecular complexity index is 1740. The Morgan fingerprint density at radius 3 is 2.49 bits per heavy atom. The summed E-state index contributed by atoms with van der Waals surface area (Å²) in [7, 11) is -11.2. The third kappa shape index (κ3) is 5.66. The molecule has 0 radical (unpaired) electrons. The number of aromatic nitrogens is 4. The topological polar surface area (TPSA) is 356 Å². The number of nitrogens with zero attached hydrogens (tertiary/aromatic N) is 5. The highest BCUT2D eigenvalue weighted by atomic mass is 31.3. The molecule has 47 heavy (non-hydrogen) atoms. The second-order valence-corrected chi connectivity index (χ2v) is 13.6. The van der Waals surface area contributed by atoms with Crippen molar-refractivity contribution in [1.29, 1.82) is 0 Å². The van der Waals surface area contributed by atoms with Crippen LogP contribution in [0.15, 0.2) is 36.7 Å². The Balaban J connectivity index is 1.09. The molecule has 0 aromatic carbocycles. The first-order valence-electron chi connectivity index (χ1n) is 13.2. The first-order chi connectivity index (χ1) is 21.9. The standard InChI is InChI=1S/C21H27N7O17P2/c22-14-11-16(25-7-24-14)28(8-26-11)18-20(32,33)21(34)19(42-18,43-44-21)6-40-47(37,38)45-46(35,36)39-5-10-12(29)13(30)17(41-10)27-3-1-2-9(4-27)15(23)31/h1,3-4,7-8,10,12-13,17-18,29-30,32-34H,2,5-6H2,(H2,23,31)(H,35,36)(H,37,38)(H2,22,24,25)/t10-,12-,13-,17-,18-,19-,21-/m1/s1. The van der Waals surface area contributed by atoms with E-state index >= 15 is 0 Å². The molecular weight excluding hydrogens is 684 g/mol. The monoisotopic (exact) mass is 711 g/mol. The molecule has 2 unspecified atom stereocenters. The lowest BCUT2D eigenvalue weighted by atomic mass is 9.98. The van der Waals surface area contributed by atoms with Crippen LogP contribution in [0, 0.1) is 0 Å². The molecule has 6 heterocycles. The van der Waals surface area contributed by atoms with Crippen molar-refractivity contribution in [2.24, 2.45) is 5.73 Å². The number of aliphatic hydroxyl groups excluding tert-OH is 2. The molecule has 11 N–H and O–H groups in total. The Morgan fingerprint density at radius 1 is 1.09 bits per heavy atom. The number of hydrogen-bond donors (Lipinski definition) is 9. The number of amides is 1. The lowest BCUT2D eigenvalue weighted by Gasteiger charge is -2.47. The minimum Gasteiger partial charge on any atom is -0.387 e. The largest absolute Gasteiger partial charge is 0.481 e. The smallest absolute Gasteiger partial charge is 0.387 e. The molecule has 0 bridgehead atoms. The van der Waals surface area contributed by atoms with Crippen LogP contribution in [-0.2, 0) is 46.5 Å². The maximum Gasteiger partial charge on any atom is 0.481 e. The van der Waals surface area contributed by atoms with E-state index in [0.717, 1.165) is 17.2 Å². The van der Waals surface area contributed by atoms with Crippen LogP contribution < -0.4 is 11.5 Å². The van der Waals surface area contributed by atoms with Gasteiger partial charge in [0.15, 0.2) is 23.9 Å². The van der Waals surface area contributed by atoms with Gasteiger partial charge in [0.25, 0.3) is 11.6 Å². The van der Waals surface area contributed by atoms with Crippen molar-refractivity contribution >= 4 is 38.5 Å². The first-order valence-corrected chi connectivity index (χ1v) is 16.2. The SMILES string of the molecule is NC(=O)C1=CN([C@@H]2O[C@H](COP(=O)(O)OP(=O)(O)OC[C@@]34OO[C@@]3(O)C(O)(O)[C@H](n3cnc5c(N)ncnc53)O4)[C@@H](O)[C@H]2O)C=CC1. The van der Waals surface area contributed by atoms with Crippen molar-refractivity contribution in [2.75, 3.05) is 18.9 Å². The minimum atomic E-state index is -5.64. The van der Waals surface area contributed by atoms with E-state index in [0.29, 0.717) is 0 Å². The number of anilines is 1. The molecule has 2 aromatic heterocycles. The maximum absolute atomic E-state index is 12.6. The average Bonchev–Trinajstić information content (AvgIpc) is 3.58. The van der Waals surface area contributed by atoms with Crippen LogP contribution in [0.5, 0.6) is 0 Å². The van der Waals surface area contributed by atoms with E-state index in [2.05, 4.69) is 33.2 Å². The molecule has 0 spiro atoms. The second kappa shape index (κ2) is 11.6. The van der Waals surface area contributed by atoms with Gasteiger partial charge in [-0.3, -0.25) is 18.4 Å². The molecule has 0 aliphatic carbocycles. The number of ether oxygens (including phenoxy) is 2. The second-order valence-electron chi connectivity index (χ2n) is 10.5. The fraction of sp³-hybridized carbons (Fsp3) is 0.524. The fourth-order valence-corrected chi connectivity index (χ4v) is 7.15. The molecule has 2 aromatic rings. The van der Waals surface area contributed by atoms with Crippen molar-refractivity contribution in [3.63, 3.8) is 0 Å². The summed E-state index contributed by atoms with van der Waals surface area (Å²) in [6, 6.07) is 0. The summed E-state index contributed by atoms with van der Waals surface area (Å²) in [5.74, 6) is -10.1. The van der Waals surface area contributed by atoms with Gasteiger partial charge in [-0.05, 0) is 6.42 Å². The number of allylic oxidation sites excluding steroid dienone is 1. The van der Waals surface area contributed by atoms with Crippen molar-refractivity contribution < 1.29 is 81.9 Å². The molecule has 3 fully saturated rings. The molecule has 9 atom stereocenters. The summed E-state index contributed by atoms with van der Waals surface area (Å²) in [6.07, 6.45) is -1.65. The molecule has 0 saturated carbocycles. The average molecular weight is 711 g/mol. The van der Waals surface area contributed by atoms with E-state index < -0.39 is 82.9 Å². The zero-order valence-corrected chi connectivity index (χ0v) is 25.2. The summed E-state index contributed by atoms with van der Waals surface area (Å²) in [5.41, 5.74) is 11.1. The predicted octanol–water partition coefficient (Wildman–Crippen LogP) is -3.75. The molecule has 6 rings (SSSR count). The number of rotatable bonds is 11. The number of nitrogens with two attached hydrogens (primary N) is 2. The molecule has 26 heteroatoms. The van der Waals surface area contributed by atoms with E-state index in [1.165, 1.54) is 23.4 Å². The first kappa shape index (κ1) is 33.9. The van der Waals surface area contributed by atoms with E-state index in [4.69, 9.17) is 25.8 Å². The molecule has 4 aliphatic heterocycles. The van der Waals surface area contributed by atoms with Gasteiger partial charge in [0.05, 0.1) is 12.9 Å². The molecule has 258 valence electrons. The van der Waals surface area contributed by atoms with Crippen LogP contribution in [-0.4, -0.2) is 121 Å². The summed E-state index contributed by atoms with van der Waals surface area (Å²) in [4.78, 5) is 53.8. The number of carbonyl (C=O) groups excluding carboxylic acids is 1. The number of fused-ring (bicyclic) bond motifs is 2. The molecule has 3 saturated heterocycles. The predicted molar refractivity (Wildman–Crippen MR) is 143 cm³/mol. The third-order valence-corrected chi connectivity index (χ3v) is 10.1. The van der Waals surface area contributed by atoms with Crippen molar-refractivity contribution in [3.05, 3.63) is 36.7 Å². The van der Waals surface area contributed by atoms with Gasteiger partial charge in [-0.1, -0.05) is 6.08 Å². The van der Waals surface area contributed by atoms with Crippen LogP contribution in [0.1, 0.15) is 12.6 Å². The van der Waals surface area contributed by atoms with Crippen LogP contribution in [0.3, 0.4) is 0 Å². The lowest BCUT2D eigenvalue weighted by molar-refractivity contribution is -0.660. The molecule has 1 amide bonds. The number of primary amides is 1. The van der Waals surface area contributed by atoms with Crippen LogP contribution in [0.25, 0.3) is 11.2 Å². The van der Waals surface area contributed by atoms with Crippen LogP contribution in [0.4, 0.5) is 5.82 Å². The number of nitrogen functional groups attached to an aromatic ring is 1. The quantitative estimate of drug-likeness (QED) is 0.0614. The summed E-state index contributed by atoms with van der Waals surface area (Å²) < 4.78 is 50.5. The summed E-state index contributed by atoms with van der Waals surface area (Å²) >= 11 is 0. The normalized spacial score (nSPS) is 35.6. The third-order valence-electron chi connectivity index (χ3n) is 7.49. The van der Waals surface area contributed by atoms with Gasteiger partial charge < -0.3 is 61.2 Å². The van der Waals surface area contributed by atoms with E-state index in [1.54, 1.807) is 0 Å². The molecule has 24 nitrogen and oxygen atoms in total. The van der Waals surface area contributed by atoms with Crippen molar-refractivity contribution in [1.82, 2.24) is 24.4 Å². The number of imidazole rings is 1. The lowest BCUT2D eigenvalue weighted by Crippen LogP contribution is -2.74. The van der Waals surface area contributed by atoms with Crippen LogP contribution in [0.2, 0.25) is 0 Å². The highest BCUT2D eigenvalue weighted by Gasteiger charge is 2.85. The van der Waals surface area contributed by atoms with E-state index in [-0.39, 0.29) is 29.0 Å². The molecule has 4 aliphatic rings. The van der Waals surface area contributed by atoms with E-state index in [9.17, 15) is 49.2 Å². The minimum absolute atomic E-state index is 0.00942. The maximum atomic E-state index is 12.6. The Labute approximate surface area is 261 Å². The fourth-order valence-electron chi connectivity index (χ4n) is 5.06. The highest BCUT2D eigenvalue weighted by Crippen LogP contribution is 2.63.